The standard InChI is InChI=1S/C14H16N4O2/c1-10-4-6-11(7-5-10)17-13(19)9-20-12-3-2-8-16-14(12)18-15/h2-8H,9,15H2,1H3,(H,16,18)(H,17,19). The number of carbonyl (C=O) groups is 1. The third-order valence-electron chi connectivity index (χ3n) is 2.60. The summed E-state index contributed by atoms with van der Waals surface area (Å²) in [7, 11) is 0. The van der Waals surface area contributed by atoms with Crippen LogP contribution < -0.4 is 21.3 Å². The molecule has 0 atom stereocenters. The van der Waals surface area contributed by atoms with E-state index in [9.17, 15) is 4.79 Å². The lowest BCUT2D eigenvalue weighted by atomic mass is 10.2. The molecule has 2 aromatic rings. The molecular weight excluding hydrogens is 256 g/mol. The number of aryl methyl sites for hydroxylation is 1. The van der Waals surface area contributed by atoms with E-state index in [1.807, 2.05) is 31.2 Å². The summed E-state index contributed by atoms with van der Waals surface area (Å²) in [5.74, 6) is 5.86. The highest BCUT2D eigenvalue weighted by molar-refractivity contribution is 5.91. The van der Waals surface area contributed by atoms with Crippen molar-refractivity contribution in [3.8, 4) is 5.75 Å². The first-order valence-corrected chi connectivity index (χ1v) is 6.10. The van der Waals surface area contributed by atoms with Crippen LogP contribution in [0.5, 0.6) is 5.75 Å². The zero-order chi connectivity index (χ0) is 14.4. The lowest BCUT2D eigenvalue weighted by molar-refractivity contribution is -0.118. The Morgan fingerprint density at radius 1 is 1.30 bits per heavy atom. The summed E-state index contributed by atoms with van der Waals surface area (Å²) in [5, 5.41) is 2.74. The third kappa shape index (κ3) is 3.69. The van der Waals surface area contributed by atoms with E-state index in [-0.39, 0.29) is 12.5 Å². The van der Waals surface area contributed by atoms with Gasteiger partial charge in [-0.3, -0.25) is 4.79 Å². The van der Waals surface area contributed by atoms with E-state index >= 15 is 0 Å². The van der Waals surface area contributed by atoms with Crippen LogP contribution in [0.4, 0.5) is 11.5 Å². The van der Waals surface area contributed by atoms with Crippen molar-refractivity contribution in [2.45, 2.75) is 6.92 Å². The van der Waals surface area contributed by atoms with Crippen molar-refractivity contribution in [2.24, 2.45) is 5.84 Å². The SMILES string of the molecule is Cc1ccc(NC(=O)COc2cccnc2NN)cc1. The average molecular weight is 272 g/mol. The number of hydrogen-bond donors (Lipinski definition) is 3. The number of hydrazine groups is 1. The number of pyridine rings is 1. The molecule has 0 aliphatic carbocycles. The molecule has 0 saturated heterocycles. The fraction of sp³-hybridized carbons (Fsp3) is 0.143. The van der Waals surface area contributed by atoms with E-state index in [2.05, 4.69) is 15.7 Å². The molecule has 1 heterocycles. The maximum Gasteiger partial charge on any atom is 0.262 e. The van der Waals surface area contributed by atoms with E-state index in [1.165, 1.54) is 0 Å². The van der Waals surface area contributed by atoms with Gasteiger partial charge in [-0.2, -0.15) is 0 Å². The second-order valence-electron chi connectivity index (χ2n) is 4.20. The van der Waals surface area contributed by atoms with Gasteiger partial charge in [-0.15, -0.1) is 0 Å². The van der Waals surface area contributed by atoms with Gasteiger partial charge in [0.05, 0.1) is 0 Å². The fourth-order valence-electron chi connectivity index (χ4n) is 1.59. The number of nitrogens with zero attached hydrogens (tertiary/aromatic N) is 1. The first-order chi connectivity index (χ1) is 9.69. The van der Waals surface area contributed by atoms with Crippen molar-refractivity contribution in [1.82, 2.24) is 4.98 Å². The summed E-state index contributed by atoms with van der Waals surface area (Å²) < 4.78 is 5.37. The summed E-state index contributed by atoms with van der Waals surface area (Å²) in [5.41, 5.74) is 4.27. The molecule has 2 rings (SSSR count). The quantitative estimate of drug-likeness (QED) is 0.569. The number of ether oxygens (including phenoxy) is 1. The van der Waals surface area contributed by atoms with Gasteiger partial charge >= 0.3 is 0 Å². The fourth-order valence-corrected chi connectivity index (χ4v) is 1.59. The number of nitrogens with one attached hydrogen (secondary N) is 2. The van der Waals surface area contributed by atoms with Crippen LogP contribution in [0.25, 0.3) is 0 Å². The monoisotopic (exact) mass is 272 g/mol. The minimum Gasteiger partial charge on any atom is -0.480 e. The lowest BCUT2D eigenvalue weighted by Crippen LogP contribution is -2.21. The van der Waals surface area contributed by atoms with Crippen molar-refractivity contribution in [3.63, 3.8) is 0 Å². The predicted octanol–water partition coefficient (Wildman–Crippen LogP) is 1.69. The van der Waals surface area contributed by atoms with Gasteiger partial charge in [-0.1, -0.05) is 17.7 Å². The highest BCUT2D eigenvalue weighted by Gasteiger charge is 2.07. The molecule has 0 fully saturated rings. The molecule has 20 heavy (non-hydrogen) atoms. The van der Waals surface area contributed by atoms with E-state index in [0.29, 0.717) is 11.6 Å². The Morgan fingerprint density at radius 2 is 2.05 bits per heavy atom. The molecule has 0 bridgehead atoms. The molecule has 0 unspecified atom stereocenters. The second-order valence-corrected chi connectivity index (χ2v) is 4.20. The summed E-state index contributed by atoms with van der Waals surface area (Å²) in [6.45, 7) is 1.87. The van der Waals surface area contributed by atoms with Crippen LogP contribution in [0, 0.1) is 6.92 Å². The highest BCUT2D eigenvalue weighted by atomic mass is 16.5. The number of hydrogen-bond acceptors (Lipinski definition) is 5. The van der Waals surface area contributed by atoms with Gasteiger partial charge in [0.25, 0.3) is 5.91 Å². The van der Waals surface area contributed by atoms with E-state index in [0.717, 1.165) is 11.3 Å². The molecule has 6 heteroatoms. The van der Waals surface area contributed by atoms with Crippen molar-refractivity contribution < 1.29 is 9.53 Å². The second kappa shape index (κ2) is 6.53. The largest absolute Gasteiger partial charge is 0.480 e. The average Bonchev–Trinajstić information content (AvgIpc) is 2.48. The van der Waals surface area contributed by atoms with Crippen LogP contribution in [-0.4, -0.2) is 17.5 Å². The van der Waals surface area contributed by atoms with Crippen LogP contribution in [-0.2, 0) is 4.79 Å². The third-order valence-corrected chi connectivity index (χ3v) is 2.60. The van der Waals surface area contributed by atoms with Crippen molar-refractivity contribution >= 4 is 17.4 Å². The zero-order valence-corrected chi connectivity index (χ0v) is 11.1. The van der Waals surface area contributed by atoms with Gasteiger partial charge in [-0.05, 0) is 31.2 Å². The zero-order valence-electron chi connectivity index (χ0n) is 11.1. The molecule has 0 spiro atoms. The van der Waals surface area contributed by atoms with E-state index in [4.69, 9.17) is 10.6 Å². The number of anilines is 2. The van der Waals surface area contributed by atoms with Gasteiger partial charge in [0, 0.05) is 11.9 Å². The van der Waals surface area contributed by atoms with E-state index in [1.54, 1.807) is 18.3 Å². The maximum absolute atomic E-state index is 11.8. The first kappa shape index (κ1) is 13.8. The Labute approximate surface area is 116 Å². The molecule has 0 saturated carbocycles. The highest BCUT2D eigenvalue weighted by Crippen LogP contribution is 2.19. The van der Waals surface area contributed by atoms with Gasteiger partial charge < -0.3 is 15.5 Å². The Kier molecular flexibility index (Phi) is 4.52. The molecule has 104 valence electrons. The Morgan fingerprint density at radius 3 is 2.75 bits per heavy atom. The molecule has 1 amide bonds. The number of nitrogen functional groups attached to an aromatic ring is 1. The molecule has 0 radical (unpaired) electrons. The van der Waals surface area contributed by atoms with Crippen molar-refractivity contribution in [3.05, 3.63) is 48.2 Å². The number of benzene rings is 1. The molecule has 6 nitrogen and oxygen atoms in total. The predicted molar refractivity (Wildman–Crippen MR) is 77.4 cm³/mol. The molecule has 1 aromatic heterocycles. The number of carbonyl (C=O) groups excluding carboxylic acids is 1. The number of aromatic nitrogens is 1. The molecular formula is C14H16N4O2. The topological polar surface area (TPSA) is 89.3 Å². The Balaban J connectivity index is 1.90. The van der Waals surface area contributed by atoms with Crippen LogP contribution in [0.3, 0.4) is 0 Å². The van der Waals surface area contributed by atoms with E-state index < -0.39 is 0 Å². The van der Waals surface area contributed by atoms with Gasteiger partial charge in [0.15, 0.2) is 18.2 Å². The van der Waals surface area contributed by atoms with Gasteiger partial charge in [0.1, 0.15) is 0 Å². The maximum atomic E-state index is 11.8. The van der Waals surface area contributed by atoms with Crippen LogP contribution in [0.2, 0.25) is 0 Å². The number of rotatable bonds is 5. The molecule has 4 N–H and O–H groups in total. The normalized spacial score (nSPS) is 9.90. The smallest absolute Gasteiger partial charge is 0.262 e. The first-order valence-electron chi connectivity index (χ1n) is 6.10. The Hall–Kier alpha value is -2.60. The van der Waals surface area contributed by atoms with Crippen LogP contribution >= 0.6 is 0 Å². The van der Waals surface area contributed by atoms with Crippen molar-refractivity contribution in [1.29, 1.82) is 0 Å². The number of nitrogens with two attached hydrogens (primary N) is 1. The lowest BCUT2D eigenvalue weighted by Gasteiger charge is -2.10. The summed E-state index contributed by atoms with van der Waals surface area (Å²) in [6.07, 6.45) is 1.58. The van der Waals surface area contributed by atoms with Crippen molar-refractivity contribution in [2.75, 3.05) is 17.3 Å². The minimum absolute atomic E-state index is 0.117. The van der Waals surface area contributed by atoms with Crippen LogP contribution in [0.15, 0.2) is 42.6 Å². The molecule has 1 aromatic carbocycles. The Bertz CT molecular complexity index is 584. The molecule has 0 aliphatic rings. The van der Waals surface area contributed by atoms with Gasteiger partial charge in [0.2, 0.25) is 0 Å². The minimum atomic E-state index is -0.249. The summed E-state index contributed by atoms with van der Waals surface area (Å²) in [6, 6.07) is 10.9. The summed E-state index contributed by atoms with van der Waals surface area (Å²) >= 11 is 0. The molecule has 0 aliphatic heterocycles. The number of amides is 1. The van der Waals surface area contributed by atoms with Crippen LogP contribution in [0.1, 0.15) is 5.56 Å². The van der Waals surface area contributed by atoms with Gasteiger partial charge in [-0.25, -0.2) is 10.8 Å². The summed E-state index contributed by atoms with van der Waals surface area (Å²) in [4.78, 5) is 15.7.